The summed E-state index contributed by atoms with van der Waals surface area (Å²) in [6, 6.07) is 1.59. The highest BCUT2D eigenvalue weighted by Crippen LogP contribution is 2.36. The predicted molar refractivity (Wildman–Crippen MR) is 71.8 cm³/mol. The molecule has 1 saturated heterocycles. The molecular formula is C13H19N3O2S. The van der Waals surface area contributed by atoms with Crippen LogP contribution in [-0.4, -0.2) is 35.0 Å². The molecule has 1 saturated carbocycles. The van der Waals surface area contributed by atoms with Gasteiger partial charge in [0.15, 0.2) is 0 Å². The second-order valence-electron chi connectivity index (χ2n) is 5.42. The number of nitrogens with zero attached hydrogens (tertiary/aromatic N) is 3. The van der Waals surface area contributed by atoms with Gasteiger partial charge in [-0.05, 0) is 31.2 Å². The zero-order valence-electron chi connectivity index (χ0n) is 10.9. The number of rotatable bonds is 5. The van der Waals surface area contributed by atoms with Crippen LogP contribution in [0.25, 0.3) is 0 Å². The van der Waals surface area contributed by atoms with Gasteiger partial charge in [-0.1, -0.05) is 12.8 Å². The third-order valence-electron chi connectivity index (χ3n) is 3.93. The zero-order chi connectivity index (χ0) is 13.3. The Hall–Kier alpha value is -1.01. The molecule has 6 heteroatoms. The van der Waals surface area contributed by atoms with Crippen molar-refractivity contribution >= 4 is 10.0 Å². The van der Waals surface area contributed by atoms with Gasteiger partial charge < -0.3 is 0 Å². The number of hydrogen-bond donors (Lipinski definition) is 0. The van der Waals surface area contributed by atoms with E-state index in [4.69, 9.17) is 0 Å². The highest BCUT2D eigenvalue weighted by Gasteiger charge is 2.37. The fourth-order valence-corrected chi connectivity index (χ4v) is 4.51. The molecule has 0 N–H and O–H groups in total. The van der Waals surface area contributed by atoms with Gasteiger partial charge in [0.05, 0.1) is 11.8 Å². The van der Waals surface area contributed by atoms with E-state index in [1.807, 2.05) is 0 Å². The molecule has 1 aromatic heterocycles. The molecule has 0 aromatic carbocycles. The summed E-state index contributed by atoms with van der Waals surface area (Å²) in [7, 11) is -3.16. The van der Waals surface area contributed by atoms with Crippen molar-refractivity contribution in [2.75, 3.05) is 12.3 Å². The first-order chi connectivity index (χ1) is 9.17. The molecule has 0 amide bonds. The van der Waals surface area contributed by atoms with Crippen molar-refractivity contribution in [3.63, 3.8) is 0 Å². The topological polar surface area (TPSA) is 63.2 Å². The maximum Gasteiger partial charge on any atom is 0.214 e. The zero-order valence-corrected chi connectivity index (χ0v) is 11.7. The minimum atomic E-state index is -3.16. The summed E-state index contributed by atoms with van der Waals surface area (Å²) in [5.74, 6) is 1.56. The summed E-state index contributed by atoms with van der Waals surface area (Å²) in [6.07, 6.45) is 8.27. The fraction of sp³-hybridized carbons (Fsp3) is 0.692. The second-order valence-corrected chi connectivity index (χ2v) is 7.46. The lowest BCUT2D eigenvalue weighted by Crippen LogP contribution is -2.33. The lowest BCUT2D eigenvalue weighted by molar-refractivity contribution is 0.382. The van der Waals surface area contributed by atoms with E-state index in [2.05, 4.69) is 9.97 Å². The molecule has 0 spiro atoms. The van der Waals surface area contributed by atoms with Gasteiger partial charge in [-0.2, -0.15) is 4.31 Å². The van der Waals surface area contributed by atoms with Crippen LogP contribution in [0.15, 0.2) is 18.5 Å². The van der Waals surface area contributed by atoms with E-state index in [1.54, 1.807) is 22.8 Å². The van der Waals surface area contributed by atoms with Gasteiger partial charge >= 0.3 is 0 Å². The number of sulfonamides is 1. The Balaban J connectivity index is 1.74. The summed E-state index contributed by atoms with van der Waals surface area (Å²) < 4.78 is 26.5. The Morgan fingerprint density at radius 1 is 1.21 bits per heavy atom. The molecule has 104 valence electrons. The molecule has 2 heterocycles. The Morgan fingerprint density at radius 3 is 2.63 bits per heavy atom. The van der Waals surface area contributed by atoms with Gasteiger partial charge in [0.1, 0.15) is 5.82 Å². The van der Waals surface area contributed by atoms with E-state index in [0.717, 1.165) is 19.3 Å². The Labute approximate surface area is 114 Å². The molecule has 1 aromatic rings. The van der Waals surface area contributed by atoms with Crippen LogP contribution in [0, 0.1) is 5.92 Å². The molecule has 1 aliphatic heterocycles. The standard InChI is InChI=1S/C13H19N3O2S/c17-19(18,10-6-11-4-5-11)16-9-1-3-12(16)13-14-7-2-8-15-13/h2,7-8,11-12H,1,3-6,9-10H2. The second kappa shape index (κ2) is 5.17. The van der Waals surface area contributed by atoms with Gasteiger partial charge in [-0.3, -0.25) is 0 Å². The first-order valence-corrected chi connectivity index (χ1v) is 8.54. The molecular weight excluding hydrogens is 262 g/mol. The van der Waals surface area contributed by atoms with Crippen LogP contribution in [0.3, 0.4) is 0 Å². The third-order valence-corrected chi connectivity index (χ3v) is 5.83. The average molecular weight is 281 g/mol. The fourth-order valence-electron chi connectivity index (χ4n) is 2.65. The van der Waals surface area contributed by atoms with Gasteiger partial charge in [0, 0.05) is 18.9 Å². The van der Waals surface area contributed by atoms with Crippen LogP contribution >= 0.6 is 0 Å². The van der Waals surface area contributed by atoms with E-state index >= 15 is 0 Å². The maximum absolute atomic E-state index is 12.4. The van der Waals surface area contributed by atoms with E-state index in [1.165, 1.54) is 12.8 Å². The van der Waals surface area contributed by atoms with Crippen LogP contribution in [0.2, 0.25) is 0 Å². The molecule has 0 bridgehead atoms. The van der Waals surface area contributed by atoms with Crippen LogP contribution in [0.1, 0.15) is 44.0 Å². The summed E-state index contributed by atoms with van der Waals surface area (Å²) in [4.78, 5) is 8.43. The molecule has 2 fully saturated rings. The van der Waals surface area contributed by atoms with Crippen LogP contribution < -0.4 is 0 Å². The van der Waals surface area contributed by atoms with E-state index in [-0.39, 0.29) is 11.8 Å². The number of aromatic nitrogens is 2. The van der Waals surface area contributed by atoms with Crippen molar-refractivity contribution in [2.45, 2.75) is 38.1 Å². The molecule has 1 unspecified atom stereocenters. The summed E-state index contributed by atoms with van der Waals surface area (Å²) in [5, 5.41) is 0. The average Bonchev–Trinajstić information content (AvgIpc) is 3.11. The first-order valence-electron chi connectivity index (χ1n) is 6.93. The Morgan fingerprint density at radius 2 is 1.95 bits per heavy atom. The molecule has 0 radical (unpaired) electrons. The number of hydrogen-bond acceptors (Lipinski definition) is 4. The van der Waals surface area contributed by atoms with Crippen LogP contribution in [0.5, 0.6) is 0 Å². The first kappa shape index (κ1) is 13.0. The maximum atomic E-state index is 12.4. The Kier molecular flexibility index (Phi) is 3.54. The van der Waals surface area contributed by atoms with Crippen molar-refractivity contribution < 1.29 is 8.42 Å². The quantitative estimate of drug-likeness (QED) is 0.824. The lowest BCUT2D eigenvalue weighted by atomic mass is 10.2. The molecule has 2 aliphatic rings. The monoisotopic (exact) mass is 281 g/mol. The van der Waals surface area contributed by atoms with Crippen molar-refractivity contribution in [3.8, 4) is 0 Å². The van der Waals surface area contributed by atoms with Gasteiger partial charge in [-0.15, -0.1) is 0 Å². The van der Waals surface area contributed by atoms with E-state index < -0.39 is 10.0 Å². The molecule has 5 nitrogen and oxygen atoms in total. The smallest absolute Gasteiger partial charge is 0.214 e. The molecule has 3 rings (SSSR count). The van der Waals surface area contributed by atoms with Gasteiger partial charge in [0.2, 0.25) is 10.0 Å². The van der Waals surface area contributed by atoms with Crippen LogP contribution in [0.4, 0.5) is 0 Å². The SMILES string of the molecule is O=S(=O)(CCC1CC1)N1CCCC1c1ncccn1. The minimum absolute atomic E-state index is 0.162. The highest BCUT2D eigenvalue weighted by molar-refractivity contribution is 7.89. The molecule has 1 aliphatic carbocycles. The Bertz CT molecular complexity index is 528. The molecule has 1 atom stereocenters. The summed E-state index contributed by atoms with van der Waals surface area (Å²) >= 11 is 0. The van der Waals surface area contributed by atoms with E-state index in [9.17, 15) is 8.42 Å². The minimum Gasteiger partial charge on any atom is -0.240 e. The largest absolute Gasteiger partial charge is 0.240 e. The van der Waals surface area contributed by atoms with E-state index in [0.29, 0.717) is 18.3 Å². The summed E-state index contributed by atoms with van der Waals surface area (Å²) in [6.45, 7) is 0.607. The van der Waals surface area contributed by atoms with Crippen molar-refractivity contribution in [2.24, 2.45) is 5.92 Å². The van der Waals surface area contributed by atoms with Crippen LogP contribution in [-0.2, 0) is 10.0 Å². The normalized spacial score (nSPS) is 24.7. The molecule has 19 heavy (non-hydrogen) atoms. The van der Waals surface area contributed by atoms with Crippen molar-refractivity contribution in [1.29, 1.82) is 0 Å². The van der Waals surface area contributed by atoms with Gasteiger partial charge in [-0.25, -0.2) is 18.4 Å². The lowest BCUT2D eigenvalue weighted by Gasteiger charge is -2.22. The van der Waals surface area contributed by atoms with Crippen molar-refractivity contribution in [1.82, 2.24) is 14.3 Å². The third kappa shape index (κ3) is 2.95. The summed E-state index contributed by atoms with van der Waals surface area (Å²) in [5.41, 5.74) is 0. The van der Waals surface area contributed by atoms with Crippen molar-refractivity contribution in [3.05, 3.63) is 24.3 Å². The van der Waals surface area contributed by atoms with Gasteiger partial charge in [0.25, 0.3) is 0 Å². The highest BCUT2D eigenvalue weighted by atomic mass is 32.2. The predicted octanol–water partition coefficient (Wildman–Crippen LogP) is 1.74.